The molecule has 1 amide bonds. The number of anilines is 1. The molecule has 9 heteroatoms. The molecule has 0 atom stereocenters. The van der Waals surface area contributed by atoms with Crippen molar-refractivity contribution in [2.24, 2.45) is 0 Å². The Balaban J connectivity index is 2.23. The Labute approximate surface area is 220 Å². The average Bonchev–Trinajstić information content (AvgIpc) is 2.88. The molecule has 9 nitrogen and oxygen atoms in total. The molecule has 0 fully saturated rings. The highest BCUT2D eigenvalue weighted by molar-refractivity contribution is 6.05. The second-order valence-electron chi connectivity index (χ2n) is 9.98. The van der Waals surface area contributed by atoms with E-state index in [0.29, 0.717) is 27.8 Å². The van der Waals surface area contributed by atoms with Crippen LogP contribution in [0, 0.1) is 39.7 Å². The molecule has 0 aliphatic rings. The number of nitrogens with one attached hydrogen (secondary N) is 1. The number of carboxylic acids is 1. The maximum Gasteiger partial charge on any atom is 0.336 e. The van der Waals surface area contributed by atoms with Crippen LogP contribution in [0.1, 0.15) is 65.1 Å². The molecule has 2 N–H and O–H groups in total. The SMILES string of the molecule is Cc1ccc(NC(=O)c2ccc(-c3c(C(=O)O)cccc3C(C)(C)C#N)c(C(C)(C)C#N)c2)cc1[N+](=O)[O-]. The largest absolute Gasteiger partial charge is 0.478 e. The molecule has 0 spiro atoms. The van der Waals surface area contributed by atoms with E-state index in [1.165, 1.54) is 30.3 Å². The van der Waals surface area contributed by atoms with Gasteiger partial charge in [0.05, 0.1) is 33.5 Å². The van der Waals surface area contributed by atoms with E-state index in [4.69, 9.17) is 0 Å². The molecule has 38 heavy (non-hydrogen) atoms. The van der Waals surface area contributed by atoms with Gasteiger partial charge in [0.15, 0.2) is 0 Å². The van der Waals surface area contributed by atoms with Crippen molar-refractivity contribution in [3.8, 4) is 23.3 Å². The molecule has 0 saturated carbocycles. The molecule has 0 saturated heterocycles. The number of nitrogens with zero attached hydrogens (tertiary/aromatic N) is 3. The van der Waals surface area contributed by atoms with Crippen molar-refractivity contribution in [1.82, 2.24) is 0 Å². The van der Waals surface area contributed by atoms with Gasteiger partial charge in [-0.3, -0.25) is 14.9 Å². The smallest absolute Gasteiger partial charge is 0.336 e. The highest BCUT2D eigenvalue weighted by Crippen LogP contribution is 2.41. The molecule has 0 radical (unpaired) electrons. The molecule has 192 valence electrons. The van der Waals surface area contributed by atoms with E-state index in [9.17, 15) is 35.3 Å². The van der Waals surface area contributed by atoms with E-state index in [1.54, 1.807) is 58.9 Å². The lowest BCUT2D eigenvalue weighted by Gasteiger charge is -2.27. The lowest BCUT2D eigenvalue weighted by molar-refractivity contribution is -0.385. The van der Waals surface area contributed by atoms with Gasteiger partial charge in [-0.2, -0.15) is 10.5 Å². The van der Waals surface area contributed by atoms with Crippen LogP contribution in [-0.2, 0) is 10.8 Å². The van der Waals surface area contributed by atoms with Crippen LogP contribution in [0.15, 0.2) is 54.6 Å². The van der Waals surface area contributed by atoms with Crippen LogP contribution in [0.3, 0.4) is 0 Å². The number of aryl methyl sites for hydroxylation is 1. The summed E-state index contributed by atoms with van der Waals surface area (Å²) in [5.74, 6) is -1.76. The summed E-state index contributed by atoms with van der Waals surface area (Å²) in [6.45, 7) is 8.24. The fraction of sp³-hybridized carbons (Fsp3) is 0.241. The zero-order valence-electron chi connectivity index (χ0n) is 21.6. The second-order valence-corrected chi connectivity index (χ2v) is 9.98. The minimum absolute atomic E-state index is 0.0371. The van der Waals surface area contributed by atoms with E-state index in [0.717, 1.165) is 0 Å². The predicted molar refractivity (Wildman–Crippen MR) is 142 cm³/mol. The normalized spacial score (nSPS) is 11.2. The average molecular weight is 511 g/mol. The Kier molecular flexibility index (Phi) is 7.37. The van der Waals surface area contributed by atoms with E-state index < -0.39 is 27.6 Å². The van der Waals surface area contributed by atoms with Crippen LogP contribution in [0.5, 0.6) is 0 Å². The second kappa shape index (κ2) is 10.2. The predicted octanol–water partition coefficient (Wildman–Crippen LogP) is 6.12. The number of benzene rings is 3. The molecule has 0 bridgehead atoms. The number of nitro benzene ring substituents is 1. The maximum atomic E-state index is 13.1. The number of hydrogen-bond donors (Lipinski definition) is 2. The lowest BCUT2D eigenvalue weighted by atomic mass is 9.74. The first kappa shape index (κ1) is 27.6. The number of rotatable bonds is 7. The van der Waals surface area contributed by atoms with E-state index in [2.05, 4.69) is 17.5 Å². The molecular weight excluding hydrogens is 484 g/mol. The van der Waals surface area contributed by atoms with Gasteiger partial charge in [0.2, 0.25) is 0 Å². The van der Waals surface area contributed by atoms with E-state index in [1.807, 2.05) is 0 Å². The Morgan fingerprint density at radius 1 is 0.947 bits per heavy atom. The summed E-state index contributed by atoms with van der Waals surface area (Å²) < 4.78 is 0. The number of nitro groups is 1. The fourth-order valence-corrected chi connectivity index (χ4v) is 4.17. The highest BCUT2D eigenvalue weighted by Gasteiger charge is 2.32. The monoisotopic (exact) mass is 510 g/mol. The summed E-state index contributed by atoms with van der Waals surface area (Å²) in [5.41, 5.74) is 0.0532. The number of amides is 1. The molecule has 3 rings (SSSR count). The van der Waals surface area contributed by atoms with Crippen molar-refractivity contribution < 1.29 is 19.6 Å². The Bertz CT molecular complexity index is 1560. The van der Waals surface area contributed by atoms with Crippen molar-refractivity contribution in [2.45, 2.75) is 45.4 Å². The van der Waals surface area contributed by atoms with Gasteiger partial charge in [-0.05, 0) is 75.6 Å². The topological polar surface area (TPSA) is 157 Å². The van der Waals surface area contributed by atoms with Crippen LogP contribution in [0.25, 0.3) is 11.1 Å². The van der Waals surface area contributed by atoms with Gasteiger partial charge in [-0.15, -0.1) is 0 Å². The molecule has 0 aliphatic heterocycles. The molecular formula is C29H26N4O5. The molecule has 3 aromatic rings. The fourth-order valence-electron chi connectivity index (χ4n) is 4.17. The summed E-state index contributed by atoms with van der Waals surface area (Å²) in [6.07, 6.45) is 0. The number of carboxylic acid groups (broad SMARTS) is 1. The van der Waals surface area contributed by atoms with Gasteiger partial charge in [0.25, 0.3) is 11.6 Å². The van der Waals surface area contributed by atoms with Crippen LogP contribution >= 0.6 is 0 Å². The third kappa shape index (κ3) is 5.23. The van der Waals surface area contributed by atoms with Crippen LogP contribution in [-0.4, -0.2) is 21.9 Å². The molecule has 0 aromatic heterocycles. The summed E-state index contributed by atoms with van der Waals surface area (Å²) in [6, 6.07) is 18.0. The van der Waals surface area contributed by atoms with Crippen LogP contribution in [0.4, 0.5) is 11.4 Å². The zero-order valence-corrected chi connectivity index (χ0v) is 21.6. The van der Waals surface area contributed by atoms with Crippen molar-refractivity contribution in [3.63, 3.8) is 0 Å². The standard InChI is InChI=1S/C29H26N4O5/c1-17-9-11-19(14-24(17)33(37)38)32-26(34)18-10-12-20(23(13-18)29(4,5)16-31)25-21(27(35)36)7-6-8-22(25)28(2,3)15-30/h6-14H,1-5H3,(H,32,34)(H,35,36). The quantitative estimate of drug-likeness (QED) is 0.286. The number of carbonyl (C=O) groups is 2. The van der Waals surface area contributed by atoms with Crippen LogP contribution < -0.4 is 5.32 Å². The summed E-state index contributed by atoms with van der Waals surface area (Å²) in [7, 11) is 0. The van der Waals surface area contributed by atoms with Crippen molar-refractivity contribution in [1.29, 1.82) is 10.5 Å². The minimum Gasteiger partial charge on any atom is -0.478 e. The molecule has 0 unspecified atom stereocenters. The Hall–Kier alpha value is -5.02. The summed E-state index contributed by atoms with van der Waals surface area (Å²) in [4.78, 5) is 36.1. The number of carbonyl (C=O) groups excluding carboxylic acids is 1. The van der Waals surface area contributed by atoms with E-state index in [-0.39, 0.29) is 22.5 Å². The van der Waals surface area contributed by atoms with Crippen molar-refractivity contribution >= 4 is 23.3 Å². The molecule has 0 heterocycles. The summed E-state index contributed by atoms with van der Waals surface area (Å²) in [5, 5.41) is 43.7. The first-order valence-electron chi connectivity index (χ1n) is 11.6. The Morgan fingerprint density at radius 3 is 2.16 bits per heavy atom. The van der Waals surface area contributed by atoms with Gasteiger partial charge >= 0.3 is 5.97 Å². The molecule has 0 aliphatic carbocycles. The highest BCUT2D eigenvalue weighted by atomic mass is 16.6. The lowest BCUT2D eigenvalue weighted by Crippen LogP contribution is -2.21. The first-order valence-corrected chi connectivity index (χ1v) is 11.6. The third-order valence-electron chi connectivity index (χ3n) is 6.42. The van der Waals surface area contributed by atoms with E-state index >= 15 is 0 Å². The van der Waals surface area contributed by atoms with Crippen molar-refractivity contribution in [3.05, 3.63) is 92.5 Å². The molecule has 3 aromatic carbocycles. The van der Waals surface area contributed by atoms with Crippen molar-refractivity contribution in [2.75, 3.05) is 5.32 Å². The maximum absolute atomic E-state index is 13.1. The Morgan fingerprint density at radius 2 is 1.58 bits per heavy atom. The minimum atomic E-state index is -1.20. The van der Waals surface area contributed by atoms with Gasteiger partial charge in [0, 0.05) is 28.4 Å². The van der Waals surface area contributed by atoms with Crippen LogP contribution in [0.2, 0.25) is 0 Å². The number of aromatic carboxylic acids is 1. The van der Waals surface area contributed by atoms with Gasteiger partial charge in [0.1, 0.15) is 0 Å². The first-order chi connectivity index (χ1) is 17.7. The van der Waals surface area contributed by atoms with Gasteiger partial charge in [-0.25, -0.2) is 4.79 Å². The zero-order chi connectivity index (χ0) is 28.4. The van der Waals surface area contributed by atoms with Gasteiger partial charge < -0.3 is 10.4 Å². The number of nitriles is 2. The number of hydrogen-bond acceptors (Lipinski definition) is 6. The van der Waals surface area contributed by atoms with Gasteiger partial charge in [-0.1, -0.05) is 24.3 Å². The third-order valence-corrected chi connectivity index (χ3v) is 6.42. The summed E-state index contributed by atoms with van der Waals surface area (Å²) >= 11 is 0.